The zero-order valence-electron chi connectivity index (χ0n) is 15.4. The average molecular weight is 357 g/mol. The predicted molar refractivity (Wildman–Crippen MR) is 105 cm³/mol. The first-order chi connectivity index (χ1) is 12.9. The fraction of sp³-hybridized carbons (Fsp3) is 0.143. The highest BCUT2D eigenvalue weighted by molar-refractivity contribution is 6.03. The monoisotopic (exact) mass is 357 g/mol. The largest absolute Gasteiger partial charge is 0.324 e. The number of hydrogen-bond acceptors (Lipinski definition) is 5. The van der Waals surface area contributed by atoms with Crippen molar-refractivity contribution in [2.24, 2.45) is 0 Å². The average Bonchev–Trinajstić information content (AvgIpc) is 2.61. The predicted octanol–water partition coefficient (Wildman–Crippen LogP) is 4.27. The maximum Gasteiger partial charge on any atom is 0.274 e. The van der Waals surface area contributed by atoms with E-state index in [1.54, 1.807) is 37.3 Å². The Bertz CT molecular complexity index is 1020. The number of aryl methyl sites for hydroxylation is 3. The van der Waals surface area contributed by atoms with Gasteiger partial charge in [-0.3, -0.25) is 4.79 Å². The molecular formula is C21H19N5O. The summed E-state index contributed by atoms with van der Waals surface area (Å²) >= 11 is 0. The molecule has 0 fully saturated rings. The second-order valence-electron chi connectivity index (χ2n) is 6.36. The minimum atomic E-state index is -0.298. The molecule has 0 saturated carbocycles. The van der Waals surface area contributed by atoms with Gasteiger partial charge in [0.25, 0.3) is 5.91 Å². The highest BCUT2D eigenvalue weighted by atomic mass is 16.1. The van der Waals surface area contributed by atoms with Crippen molar-refractivity contribution in [3.05, 3.63) is 76.6 Å². The fourth-order valence-corrected chi connectivity index (χ4v) is 2.74. The quantitative estimate of drug-likeness (QED) is 0.728. The van der Waals surface area contributed by atoms with Gasteiger partial charge in [-0.05, 0) is 74.4 Å². The van der Waals surface area contributed by atoms with Crippen molar-refractivity contribution in [3.63, 3.8) is 0 Å². The number of benzene rings is 2. The van der Waals surface area contributed by atoms with E-state index in [2.05, 4.69) is 26.7 Å². The number of nitriles is 1. The Morgan fingerprint density at radius 3 is 2.22 bits per heavy atom. The third kappa shape index (κ3) is 4.67. The van der Waals surface area contributed by atoms with E-state index in [1.165, 1.54) is 0 Å². The van der Waals surface area contributed by atoms with Crippen LogP contribution in [0.3, 0.4) is 0 Å². The van der Waals surface area contributed by atoms with Crippen molar-refractivity contribution in [1.29, 1.82) is 5.26 Å². The van der Waals surface area contributed by atoms with Gasteiger partial charge in [-0.1, -0.05) is 6.07 Å². The molecule has 0 atom stereocenters. The van der Waals surface area contributed by atoms with E-state index >= 15 is 0 Å². The smallest absolute Gasteiger partial charge is 0.274 e. The molecule has 6 nitrogen and oxygen atoms in total. The van der Waals surface area contributed by atoms with E-state index < -0.39 is 0 Å². The molecule has 6 heteroatoms. The Morgan fingerprint density at radius 2 is 1.59 bits per heavy atom. The van der Waals surface area contributed by atoms with Crippen LogP contribution in [-0.2, 0) is 0 Å². The number of carbonyl (C=O) groups excluding carboxylic acids is 1. The first kappa shape index (κ1) is 18.1. The molecule has 0 spiro atoms. The summed E-state index contributed by atoms with van der Waals surface area (Å²) in [5.41, 5.74) is 5.14. The Morgan fingerprint density at radius 1 is 0.926 bits per heavy atom. The van der Waals surface area contributed by atoms with Crippen molar-refractivity contribution in [2.45, 2.75) is 20.8 Å². The standard InChI is InChI=1S/C21H19N5O/c1-13-8-14(2)10-18(9-13)24-20(27)19-11-15(3)23-21(26-19)25-17-6-4-16(12-22)5-7-17/h4-11H,1-3H3,(H,24,27)(H,23,25,26). The lowest BCUT2D eigenvalue weighted by Gasteiger charge is -2.10. The van der Waals surface area contributed by atoms with E-state index in [9.17, 15) is 4.79 Å². The normalized spacial score (nSPS) is 10.1. The maximum absolute atomic E-state index is 12.6. The summed E-state index contributed by atoms with van der Waals surface area (Å²) in [6.45, 7) is 5.77. The molecule has 0 aliphatic heterocycles. The van der Waals surface area contributed by atoms with Gasteiger partial charge in [0.05, 0.1) is 11.6 Å². The number of aromatic nitrogens is 2. The highest BCUT2D eigenvalue weighted by Gasteiger charge is 2.12. The third-order valence-electron chi connectivity index (χ3n) is 3.84. The molecule has 0 unspecified atom stereocenters. The Balaban J connectivity index is 1.81. The highest BCUT2D eigenvalue weighted by Crippen LogP contribution is 2.17. The second kappa shape index (κ2) is 7.67. The van der Waals surface area contributed by atoms with Gasteiger partial charge < -0.3 is 10.6 Å². The third-order valence-corrected chi connectivity index (χ3v) is 3.84. The van der Waals surface area contributed by atoms with E-state index in [0.29, 0.717) is 17.2 Å². The van der Waals surface area contributed by atoms with Crippen LogP contribution in [0.5, 0.6) is 0 Å². The van der Waals surface area contributed by atoms with Gasteiger partial charge in [0, 0.05) is 17.1 Å². The number of anilines is 3. The molecule has 1 heterocycles. The molecule has 3 rings (SSSR count). The molecule has 0 saturated heterocycles. The van der Waals surface area contributed by atoms with Crippen LogP contribution in [0.2, 0.25) is 0 Å². The molecular weight excluding hydrogens is 338 g/mol. The maximum atomic E-state index is 12.6. The molecule has 2 aromatic carbocycles. The summed E-state index contributed by atoms with van der Waals surface area (Å²) in [5, 5.41) is 14.8. The van der Waals surface area contributed by atoms with Crippen LogP contribution in [0, 0.1) is 32.1 Å². The lowest BCUT2D eigenvalue weighted by atomic mass is 10.1. The van der Waals surface area contributed by atoms with Gasteiger partial charge in [0.2, 0.25) is 5.95 Å². The zero-order valence-corrected chi connectivity index (χ0v) is 15.4. The molecule has 1 amide bonds. The molecule has 0 bridgehead atoms. The summed E-state index contributed by atoms with van der Waals surface area (Å²) in [6, 6.07) is 16.5. The molecule has 2 N–H and O–H groups in total. The first-order valence-electron chi connectivity index (χ1n) is 8.45. The summed E-state index contributed by atoms with van der Waals surface area (Å²) in [6.07, 6.45) is 0. The minimum Gasteiger partial charge on any atom is -0.324 e. The molecule has 1 aromatic heterocycles. The first-order valence-corrected chi connectivity index (χ1v) is 8.45. The number of nitrogens with zero attached hydrogens (tertiary/aromatic N) is 3. The Hall–Kier alpha value is -3.72. The lowest BCUT2D eigenvalue weighted by molar-refractivity contribution is 0.102. The van der Waals surface area contributed by atoms with E-state index in [0.717, 1.165) is 22.5 Å². The van der Waals surface area contributed by atoms with Gasteiger partial charge in [0.1, 0.15) is 5.69 Å². The number of hydrogen-bond donors (Lipinski definition) is 2. The lowest BCUT2D eigenvalue weighted by Crippen LogP contribution is -2.15. The molecule has 0 radical (unpaired) electrons. The van der Waals surface area contributed by atoms with E-state index in [1.807, 2.05) is 32.0 Å². The fourth-order valence-electron chi connectivity index (χ4n) is 2.74. The van der Waals surface area contributed by atoms with E-state index in [4.69, 9.17) is 5.26 Å². The van der Waals surface area contributed by atoms with Gasteiger partial charge in [-0.25, -0.2) is 9.97 Å². The van der Waals surface area contributed by atoms with Crippen LogP contribution >= 0.6 is 0 Å². The van der Waals surface area contributed by atoms with Crippen LogP contribution in [0.1, 0.15) is 32.9 Å². The van der Waals surface area contributed by atoms with Gasteiger partial charge in [-0.2, -0.15) is 5.26 Å². The Labute approximate surface area is 157 Å². The summed E-state index contributed by atoms with van der Waals surface area (Å²) < 4.78 is 0. The van der Waals surface area contributed by atoms with Gasteiger partial charge in [0.15, 0.2) is 0 Å². The van der Waals surface area contributed by atoms with Gasteiger partial charge in [-0.15, -0.1) is 0 Å². The summed E-state index contributed by atoms with van der Waals surface area (Å²) in [4.78, 5) is 21.2. The molecule has 134 valence electrons. The number of nitrogens with one attached hydrogen (secondary N) is 2. The topological polar surface area (TPSA) is 90.7 Å². The van der Waals surface area contributed by atoms with Crippen LogP contribution in [0.25, 0.3) is 0 Å². The second-order valence-corrected chi connectivity index (χ2v) is 6.36. The van der Waals surface area contributed by atoms with Crippen LogP contribution in [0.15, 0.2) is 48.5 Å². The number of amides is 1. The molecule has 27 heavy (non-hydrogen) atoms. The van der Waals surface area contributed by atoms with Crippen molar-refractivity contribution in [1.82, 2.24) is 9.97 Å². The van der Waals surface area contributed by atoms with Crippen molar-refractivity contribution < 1.29 is 4.79 Å². The molecule has 0 aliphatic rings. The number of carbonyl (C=O) groups is 1. The van der Waals surface area contributed by atoms with Crippen molar-refractivity contribution in [2.75, 3.05) is 10.6 Å². The van der Waals surface area contributed by atoms with Gasteiger partial charge >= 0.3 is 0 Å². The summed E-state index contributed by atoms with van der Waals surface area (Å²) in [5.74, 6) is 0.0265. The number of rotatable bonds is 4. The molecule has 0 aliphatic carbocycles. The van der Waals surface area contributed by atoms with Crippen LogP contribution < -0.4 is 10.6 Å². The van der Waals surface area contributed by atoms with Crippen molar-refractivity contribution in [3.8, 4) is 6.07 Å². The molecule has 3 aromatic rings. The Kier molecular flexibility index (Phi) is 5.13. The van der Waals surface area contributed by atoms with E-state index in [-0.39, 0.29) is 11.6 Å². The summed E-state index contributed by atoms with van der Waals surface area (Å²) in [7, 11) is 0. The minimum absolute atomic E-state index is 0.276. The van der Waals surface area contributed by atoms with Crippen molar-refractivity contribution >= 4 is 23.2 Å². The zero-order chi connectivity index (χ0) is 19.4. The van der Waals surface area contributed by atoms with Crippen LogP contribution in [-0.4, -0.2) is 15.9 Å². The SMILES string of the molecule is Cc1cc(C)cc(NC(=O)c2cc(C)nc(Nc3ccc(C#N)cc3)n2)c1. The van der Waals surface area contributed by atoms with Crippen LogP contribution in [0.4, 0.5) is 17.3 Å².